The second kappa shape index (κ2) is 2.91. The van der Waals surface area contributed by atoms with E-state index in [2.05, 4.69) is 36.5 Å². The van der Waals surface area contributed by atoms with Crippen LogP contribution in [0.1, 0.15) is 19.3 Å². The van der Waals surface area contributed by atoms with Gasteiger partial charge in [-0.05, 0) is 30.4 Å². The van der Waals surface area contributed by atoms with Gasteiger partial charge in [0, 0.05) is 0 Å². The fourth-order valence-corrected chi connectivity index (χ4v) is 1.55. The molecule has 11 heavy (non-hydrogen) atoms. The Hall–Kier alpha value is -1.04. The van der Waals surface area contributed by atoms with Gasteiger partial charge in [0.2, 0.25) is 0 Å². The molecule has 2 aliphatic carbocycles. The maximum absolute atomic E-state index is 2.33. The van der Waals surface area contributed by atoms with Gasteiger partial charge in [0.15, 0.2) is 0 Å². The van der Waals surface area contributed by atoms with E-state index in [1.807, 2.05) is 0 Å². The summed E-state index contributed by atoms with van der Waals surface area (Å²) in [6.07, 6.45) is 16.8. The molecule has 0 aromatic carbocycles. The zero-order valence-corrected chi connectivity index (χ0v) is 6.59. The molecule has 0 amide bonds. The topological polar surface area (TPSA) is 0 Å². The lowest BCUT2D eigenvalue weighted by molar-refractivity contribution is 1.09. The lowest BCUT2D eigenvalue weighted by Gasteiger charge is -2.08. The van der Waals surface area contributed by atoms with Crippen LogP contribution in [0.15, 0.2) is 47.6 Å². The first kappa shape index (κ1) is 6.66. The highest BCUT2D eigenvalue weighted by molar-refractivity contribution is 5.41. The second-order valence-electron chi connectivity index (χ2n) is 2.96. The number of rotatable bonds is 1. The van der Waals surface area contributed by atoms with E-state index in [-0.39, 0.29) is 0 Å². The Morgan fingerprint density at radius 2 is 1.82 bits per heavy atom. The average molecular weight is 144 g/mol. The molecular formula is C11H12. The predicted octanol–water partition coefficient (Wildman–Crippen LogP) is 3.15. The normalized spacial score (nSPS) is 21.8. The van der Waals surface area contributed by atoms with Gasteiger partial charge < -0.3 is 0 Å². The maximum Gasteiger partial charge on any atom is -0.00916 e. The fourth-order valence-electron chi connectivity index (χ4n) is 1.55. The van der Waals surface area contributed by atoms with Crippen molar-refractivity contribution >= 4 is 0 Å². The van der Waals surface area contributed by atoms with Gasteiger partial charge in [0.05, 0.1) is 0 Å². The zero-order valence-electron chi connectivity index (χ0n) is 6.59. The van der Waals surface area contributed by atoms with E-state index in [1.165, 1.54) is 11.1 Å². The molecule has 0 radical (unpaired) electrons. The Bertz CT molecular complexity index is 262. The molecule has 2 aliphatic rings. The predicted molar refractivity (Wildman–Crippen MR) is 48.3 cm³/mol. The van der Waals surface area contributed by atoms with Crippen LogP contribution in [-0.2, 0) is 0 Å². The Morgan fingerprint density at radius 3 is 2.45 bits per heavy atom. The SMILES string of the molecule is C1=CCC(C2=CCC=CC2)=C1. The summed E-state index contributed by atoms with van der Waals surface area (Å²) < 4.78 is 0. The molecule has 0 heterocycles. The summed E-state index contributed by atoms with van der Waals surface area (Å²) in [5, 5.41) is 0. The molecule has 2 rings (SSSR count). The van der Waals surface area contributed by atoms with E-state index in [0.717, 1.165) is 19.3 Å². The fraction of sp³-hybridized carbons (Fsp3) is 0.273. The Morgan fingerprint density at radius 1 is 0.909 bits per heavy atom. The van der Waals surface area contributed by atoms with Crippen LogP contribution in [0, 0.1) is 0 Å². The van der Waals surface area contributed by atoms with Crippen molar-refractivity contribution in [3.05, 3.63) is 47.6 Å². The second-order valence-corrected chi connectivity index (χ2v) is 2.96. The van der Waals surface area contributed by atoms with Crippen molar-refractivity contribution < 1.29 is 0 Å². The maximum atomic E-state index is 2.33. The summed E-state index contributed by atoms with van der Waals surface area (Å²) in [6, 6.07) is 0. The van der Waals surface area contributed by atoms with Gasteiger partial charge >= 0.3 is 0 Å². The summed E-state index contributed by atoms with van der Waals surface area (Å²) in [6.45, 7) is 0. The molecule has 0 N–H and O–H groups in total. The third-order valence-electron chi connectivity index (χ3n) is 2.19. The lowest BCUT2D eigenvalue weighted by Crippen LogP contribution is -1.89. The van der Waals surface area contributed by atoms with Gasteiger partial charge in [-0.2, -0.15) is 0 Å². The number of allylic oxidation sites excluding steroid dienone is 8. The molecule has 0 nitrogen and oxygen atoms in total. The molecule has 0 saturated heterocycles. The zero-order chi connectivity index (χ0) is 7.52. The van der Waals surface area contributed by atoms with E-state index in [0.29, 0.717) is 0 Å². The standard InChI is InChI=1S/C11H12/c1-2-6-10(7-3-1)11-8-4-5-9-11/h1-2,4-5,7-8H,3,6,9H2. The third-order valence-corrected chi connectivity index (χ3v) is 2.19. The first-order valence-electron chi connectivity index (χ1n) is 4.17. The summed E-state index contributed by atoms with van der Waals surface area (Å²) in [5.41, 5.74) is 3.03. The van der Waals surface area contributed by atoms with E-state index in [9.17, 15) is 0 Å². The van der Waals surface area contributed by atoms with Crippen LogP contribution >= 0.6 is 0 Å². The largest absolute Gasteiger partial charge is 0.0844 e. The van der Waals surface area contributed by atoms with Gasteiger partial charge in [-0.3, -0.25) is 0 Å². The van der Waals surface area contributed by atoms with E-state index < -0.39 is 0 Å². The third kappa shape index (κ3) is 1.35. The summed E-state index contributed by atoms with van der Waals surface area (Å²) in [4.78, 5) is 0. The number of hydrogen-bond acceptors (Lipinski definition) is 0. The van der Waals surface area contributed by atoms with E-state index in [1.54, 1.807) is 0 Å². The molecular weight excluding hydrogens is 132 g/mol. The van der Waals surface area contributed by atoms with E-state index >= 15 is 0 Å². The smallest absolute Gasteiger partial charge is 0.00916 e. The van der Waals surface area contributed by atoms with Crippen molar-refractivity contribution in [1.29, 1.82) is 0 Å². The van der Waals surface area contributed by atoms with E-state index in [4.69, 9.17) is 0 Å². The van der Waals surface area contributed by atoms with Crippen molar-refractivity contribution in [3.63, 3.8) is 0 Å². The molecule has 0 spiro atoms. The van der Waals surface area contributed by atoms with Crippen LogP contribution in [0.3, 0.4) is 0 Å². The van der Waals surface area contributed by atoms with Crippen molar-refractivity contribution in [1.82, 2.24) is 0 Å². The molecule has 0 bridgehead atoms. The van der Waals surface area contributed by atoms with Gasteiger partial charge in [-0.15, -0.1) is 0 Å². The van der Waals surface area contributed by atoms with Crippen molar-refractivity contribution in [2.75, 3.05) is 0 Å². The quantitative estimate of drug-likeness (QED) is 0.496. The molecule has 0 fully saturated rings. The van der Waals surface area contributed by atoms with Crippen LogP contribution in [0.2, 0.25) is 0 Å². The molecule has 0 aliphatic heterocycles. The summed E-state index contributed by atoms with van der Waals surface area (Å²) in [7, 11) is 0. The highest BCUT2D eigenvalue weighted by Gasteiger charge is 2.05. The van der Waals surface area contributed by atoms with Crippen LogP contribution in [-0.4, -0.2) is 0 Å². The average Bonchev–Trinajstić information content (AvgIpc) is 2.58. The highest BCUT2D eigenvalue weighted by Crippen LogP contribution is 2.25. The molecule has 0 unspecified atom stereocenters. The molecule has 0 aromatic rings. The van der Waals surface area contributed by atoms with Crippen molar-refractivity contribution in [2.24, 2.45) is 0 Å². The van der Waals surface area contributed by atoms with Crippen LogP contribution in [0.4, 0.5) is 0 Å². The minimum Gasteiger partial charge on any atom is -0.0844 e. The Labute approximate surface area is 67.6 Å². The molecule has 0 aromatic heterocycles. The number of hydrogen-bond donors (Lipinski definition) is 0. The Kier molecular flexibility index (Phi) is 1.76. The minimum atomic E-state index is 1.12. The molecule has 56 valence electrons. The monoisotopic (exact) mass is 144 g/mol. The Balaban J connectivity index is 2.11. The summed E-state index contributed by atoms with van der Waals surface area (Å²) >= 11 is 0. The van der Waals surface area contributed by atoms with Crippen LogP contribution in [0.25, 0.3) is 0 Å². The summed E-state index contributed by atoms with van der Waals surface area (Å²) in [5.74, 6) is 0. The van der Waals surface area contributed by atoms with Crippen LogP contribution < -0.4 is 0 Å². The lowest BCUT2D eigenvalue weighted by atomic mass is 9.97. The first-order chi connectivity index (χ1) is 5.47. The van der Waals surface area contributed by atoms with Gasteiger partial charge in [-0.1, -0.05) is 36.5 Å². The van der Waals surface area contributed by atoms with Gasteiger partial charge in [-0.25, -0.2) is 0 Å². The molecule has 0 heteroatoms. The first-order valence-corrected chi connectivity index (χ1v) is 4.17. The van der Waals surface area contributed by atoms with Gasteiger partial charge in [0.25, 0.3) is 0 Å². The molecule has 0 atom stereocenters. The van der Waals surface area contributed by atoms with Crippen molar-refractivity contribution in [2.45, 2.75) is 19.3 Å². The van der Waals surface area contributed by atoms with Gasteiger partial charge in [0.1, 0.15) is 0 Å². The highest BCUT2D eigenvalue weighted by atomic mass is 14.1. The van der Waals surface area contributed by atoms with Crippen LogP contribution in [0.5, 0.6) is 0 Å². The van der Waals surface area contributed by atoms with Crippen molar-refractivity contribution in [3.8, 4) is 0 Å². The molecule has 0 saturated carbocycles. The minimum absolute atomic E-state index is 1.12.